The average Bonchev–Trinajstić information content (AvgIpc) is 3.19. The number of carbonyl (C=O) groups excluding carboxylic acids is 7. The van der Waals surface area contributed by atoms with Gasteiger partial charge in [0.2, 0.25) is 29.5 Å². The normalized spacial score (nSPS) is 14.3. The predicted molar refractivity (Wildman–Crippen MR) is 143 cm³/mol. The highest BCUT2D eigenvalue weighted by Gasteiger charge is 2.27. The van der Waals surface area contributed by atoms with Crippen LogP contribution in [0.4, 0.5) is 0 Å². The highest BCUT2D eigenvalue weighted by Crippen LogP contribution is 2.07. The molecule has 218 valence electrons. The lowest BCUT2D eigenvalue weighted by molar-refractivity contribution is -0.137. The summed E-state index contributed by atoms with van der Waals surface area (Å²) < 4.78 is 0. The fourth-order valence-electron chi connectivity index (χ4n) is 3.48. The maximum absolute atomic E-state index is 12.6. The molecule has 0 saturated carbocycles. The van der Waals surface area contributed by atoms with E-state index in [0.29, 0.717) is 32.4 Å². The predicted octanol–water partition coefficient (Wildman–Crippen LogP) is -0.878. The van der Waals surface area contributed by atoms with E-state index in [1.54, 1.807) is 20.8 Å². The first-order valence-electron chi connectivity index (χ1n) is 13.3. The molecule has 1 aliphatic heterocycles. The second-order valence-corrected chi connectivity index (χ2v) is 10.2. The lowest BCUT2D eigenvalue weighted by Gasteiger charge is -2.24. The summed E-state index contributed by atoms with van der Waals surface area (Å²) in [5, 5.41) is 12.7. The smallest absolute Gasteiger partial charge is 0.253 e. The molecule has 7 amide bonds. The van der Waals surface area contributed by atoms with Crippen molar-refractivity contribution < 1.29 is 33.6 Å². The summed E-state index contributed by atoms with van der Waals surface area (Å²) in [6.07, 6.45) is 4.35. The van der Waals surface area contributed by atoms with Crippen molar-refractivity contribution in [3.05, 3.63) is 12.2 Å². The molecule has 1 heterocycles. The minimum absolute atomic E-state index is 0.174. The zero-order valence-corrected chi connectivity index (χ0v) is 23.4. The number of nitrogens with zero attached hydrogens (tertiary/aromatic N) is 1. The van der Waals surface area contributed by atoms with Crippen LogP contribution < -0.4 is 26.6 Å². The topological polar surface area (TPSA) is 183 Å². The SMILES string of the molecule is CC(C)CNC(=O)[C@H](C)NC(=O)[C@@H](NC(=O)CNC(=O)CNC(=O)CCCCCN1C(=O)C=CC1=O)C(C)C. The van der Waals surface area contributed by atoms with Gasteiger partial charge in [-0.2, -0.15) is 0 Å². The molecule has 0 aromatic heterocycles. The van der Waals surface area contributed by atoms with E-state index in [-0.39, 0.29) is 48.4 Å². The molecule has 0 aromatic carbocycles. The van der Waals surface area contributed by atoms with Crippen LogP contribution in [0, 0.1) is 11.8 Å². The lowest BCUT2D eigenvalue weighted by Crippen LogP contribution is -2.56. The second kappa shape index (κ2) is 16.9. The van der Waals surface area contributed by atoms with Gasteiger partial charge in [-0.1, -0.05) is 34.1 Å². The third kappa shape index (κ3) is 13.0. The standard InChI is InChI=1S/C26H42N6O7/c1-16(2)13-29-25(38)18(5)30-26(39)24(17(3)4)31-21(35)15-28-20(34)14-27-19(33)9-7-6-8-12-32-22(36)10-11-23(32)37/h10-11,16-18,24H,6-9,12-15H2,1-5H3,(H,27,33)(H,28,34)(H,29,38)(H,30,39)(H,31,35)/t18-,24-/m0/s1. The van der Waals surface area contributed by atoms with Crippen LogP contribution in [-0.4, -0.2) is 84.5 Å². The molecule has 0 fully saturated rings. The molecule has 0 radical (unpaired) electrons. The monoisotopic (exact) mass is 550 g/mol. The number of hydrogen-bond acceptors (Lipinski definition) is 7. The zero-order chi connectivity index (χ0) is 29.5. The van der Waals surface area contributed by atoms with Crippen LogP contribution >= 0.6 is 0 Å². The quantitative estimate of drug-likeness (QED) is 0.115. The molecule has 2 atom stereocenters. The summed E-state index contributed by atoms with van der Waals surface area (Å²) >= 11 is 0. The number of hydrogen-bond donors (Lipinski definition) is 5. The van der Waals surface area contributed by atoms with Crippen LogP contribution in [0.25, 0.3) is 0 Å². The van der Waals surface area contributed by atoms with Gasteiger partial charge in [0.05, 0.1) is 13.1 Å². The van der Waals surface area contributed by atoms with Gasteiger partial charge in [0.25, 0.3) is 11.8 Å². The van der Waals surface area contributed by atoms with Gasteiger partial charge < -0.3 is 26.6 Å². The van der Waals surface area contributed by atoms with Crippen molar-refractivity contribution in [2.24, 2.45) is 11.8 Å². The van der Waals surface area contributed by atoms with E-state index in [9.17, 15) is 33.6 Å². The highest BCUT2D eigenvalue weighted by molar-refractivity contribution is 6.12. The van der Waals surface area contributed by atoms with Crippen molar-refractivity contribution >= 4 is 41.4 Å². The van der Waals surface area contributed by atoms with E-state index < -0.39 is 36.3 Å². The number of imide groups is 1. The minimum Gasteiger partial charge on any atom is -0.354 e. The summed E-state index contributed by atoms with van der Waals surface area (Å²) in [4.78, 5) is 85.1. The molecule has 5 N–H and O–H groups in total. The molecule has 39 heavy (non-hydrogen) atoms. The van der Waals surface area contributed by atoms with E-state index in [4.69, 9.17) is 0 Å². The Morgan fingerprint density at radius 2 is 1.31 bits per heavy atom. The van der Waals surface area contributed by atoms with Crippen LogP contribution in [0.15, 0.2) is 12.2 Å². The van der Waals surface area contributed by atoms with Crippen LogP contribution in [0.5, 0.6) is 0 Å². The first-order chi connectivity index (χ1) is 18.3. The Labute approximate surface area is 229 Å². The summed E-state index contributed by atoms with van der Waals surface area (Å²) in [6, 6.07) is -1.69. The van der Waals surface area contributed by atoms with Crippen molar-refractivity contribution in [2.75, 3.05) is 26.2 Å². The summed E-state index contributed by atoms with van der Waals surface area (Å²) in [6.45, 7) is 9.01. The highest BCUT2D eigenvalue weighted by atomic mass is 16.2. The molecule has 13 nitrogen and oxygen atoms in total. The van der Waals surface area contributed by atoms with E-state index in [0.717, 1.165) is 4.90 Å². The molecular formula is C26H42N6O7. The fourth-order valence-corrected chi connectivity index (χ4v) is 3.48. The van der Waals surface area contributed by atoms with Crippen molar-refractivity contribution in [3.63, 3.8) is 0 Å². The van der Waals surface area contributed by atoms with Gasteiger partial charge in [-0.3, -0.25) is 38.5 Å². The van der Waals surface area contributed by atoms with Gasteiger partial charge in [-0.25, -0.2) is 0 Å². The van der Waals surface area contributed by atoms with Crippen molar-refractivity contribution in [3.8, 4) is 0 Å². The van der Waals surface area contributed by atoms with Gasteiger partial charge in [-0.15, -0.1) is 0 Å². The Morgan fingerprint density at radius 3 is 1.90 bits per heavy atom. The number of unbranched alkanes of at least 4 members (excludes halogenated alkanes) is 2. The third-order valence-electron chi connectivity index (χ3n) is 5.78. The molecular weight excluding hydrogens is 508 g/mol. The van der Waals surface area contributed by atoms with Crippen LogP contribution in [0.1, 0.15) is 60.3 Å². The Hall–Kier alpha value is -3.77. The van der Waals surface area contributed by atoms with E-state index in [1.165, 1.54) is 12.2 Å². The molecule has 1 aliphatic rings. The number of nitrogens with one attached hydrogen (secondary N) is 5. The largest absolute Gasteiger partial charge is 0.354 e. The summed E-state index contributed by atoms with van der Waals surface area (Å²) in [7, 11) is 0. The average molecular weight is 551 g/mol. The van der Waals surface area contributed by atoms with E-state index >= 15 is 0 Å². The summed E-state index contributed by atoms with van der Waals surface area (Å²) in [5.74, 6) is -3.03. The molecule has 0 aliphatic carbocycles. The number of carbonyl (C=O) groups is 7. The maximum atomic E-state index is 12.6. The van der Waals surface area contributed by atoms with Gasteiger partial charge in [0.15, 0.2) is 0 Å². The van der Waals surface area contributed by atoms with Gasteiger partial charge in [-0.05, 0) is 31.6 Å². The molecule has 0 bridgehead atoms. The van der Waals surface area contributed by atoms with Gasteiger partial charge >= 0.3 is 0 Å². The van der Waals surface area contributed by atoms with Crippen LogP contribution in [0.2, 0.25) is 0 Å². The first-order valence-corrected chi connectivity index (χ1v) is 13.3. The Kier molecular flexibility index (Phi) is 14.5. The Morgan fingerprint density at radius 1 is 0.718 bits per heavy atom. The van der Waals surface area contributed by atoms with Gasteiger partial charge in [0, 0.05) is 31.7 Å². The number of rotatable bonds is 17. The Balaban J connectivity index is 2.28. The zero-order valence-electron chi connectivity index (χ0n) is 23.4. The second-order valence-electron chi connectivity index (χ2n) is 10.2. The third-order valence-corrected chi connectivity index (χ3v) is 5.78. The molecule has 0 aromatic rings. The maximum Gasteiger partial charge on any atom is 0.253 e. The molecule has 13 heteroatoms. The Bertz CT molecular complexity index is 929. The lowest BCUT2D eigenvalue weighted by atomic mass is 10.0. The fraction of sp³-hybridized carbons (Fsp3) is 0.654. The molecule has 0 saturated heterocycles. The molecule has 1 rings (SSSR count). The van der Waals surface area contributed by atoms with E-state index in [1.807, 2.05) is 13.8 Å². The van der Waals surface area contributed by atoms with Crippen LogP contribution in [-0.2, 0) is 33.6 Å². The molecule has 0 unspecified atom stereocenters. The van der Waals surface area contributed by atoms with Crippen molar-refractivity contribution in [1.82, 2.24) is 31.5 Å². The minimum atomic E-state index is -0.910. The first kappa shape index (κ1) is 33.3. The van der Waals surface area contributed by atoms with Gasteiger partial charge in [0.1, 0.15) is 12.1 Å². The molecule has 0 spiro atoms. The van der Waals surface area contributed by atoms with Crippen LogP contribution in [0.3, 0.4) is 0 Å². The van der Waals surface area contributed by atoms with E-state index in [2.05, 4.69) is 26.6 Å². The number of amides is 7. The van der Waals surface area contributed by atoms with Crippen molar-refractivity contribution in [1.29, 1.82) is 0 Å². The summed E-state index contributed by atoms with van der Waals surface area (Å²) in [5.41, 5.74) is 0. The van der Waals surface area contributed by atoms with Crippen molar-refractivity contribution in [2.45, 2.75) is 72.4 Å².